The first kappa shape index (κ1) is 31.2. The smallest absolute Gasteiger partial charge is 0.410 e. The standard InChI is InChI=1S/C26H48N2O6Si/c1-13-19(29)14-18(16-27-22(30)32-24(2,3)4)21-15-20(34-35(11,12)26(8,9)10)17-28(21)23(31)33-25(5,6)7/h13,18,20-21H,1,14-17H2,2-12H3,(H,27,30)/t18?,20-,21+/m1/s1. The van der Waals surface area contributed by atoms with Crippen LogP contribution in [0.5, 0.6) is 0 Å². The van der Waals surface area contributed by atoms with E-state index < -0.39 is 31.7 Å². The molecule has 0 radical (unpaired) electrons. The SMILES string of the molecule is C=CC(=O)CC(CNC(=O)OC(C)(C)C)[C@@H]1C[C@@H](O[Si](C)(C)C(C)(C)C)CN1C(=O)OC(C)(C)C. The molecular formula is C26H48N2O6Si. The molecule has 1 N–H and O–H groups in total. The minimum Gasteiger partial charge on any atom is -0.444 e. The Bertz CT molecular complexity index is 776. The molecule has 1 rings (SSSR count). The van der Waals surface area contributed by atoms with Crippen LogP contribution in [0.25, 0.3) is 0 Å². The second-order valence-corrected chi connectivity index (χ2v) is 17.7. The monoisotopic (exact) mass is 512 g/mol. The number of carbonyl (C=O) groups excluding carboxylic acids is 3. The van der Waals surface area contributed by atoms with E-state index in [-0.39, 0.29) is 41.9 Å². The molecular weight excluding hydrogens is 464 g/mol. The Labute approximate surface area is 213 Å². The largest absolute Gasteiger partial charge is 0.444 e. The van der Waals surface area contributed by atoms with Crippen LogP contribution >= 0.6 is 0 Å². The number of nitrogens with one attached hydrogen (secondary N) is 1. The van der Waals surface area contributed by atoms with Gasteiger partial charge in [-0.05, 0) is 72.2 Å². The first-order chi connectivity index (χ1) is 15.6. The summed E-state index contributed by atoms with van der Waals surface area (Å²) in [5.41, 5.74) is -1.31. The average molecular weight is 513 g/mol. The molecule has 0 spiro atoms. The topological polar surface area (TPSA) is 94.2 Å². The fourth-order valence-corrected chi connectivity index (χ4v) is 5.05. The van der Waals surface area contributed by atoms with Crippen molar-refractivity contribution in [2.75, 3.05) is 13.1 Å². The number of hydrogen-bond donors (Lipinski definition) is 1. The van der Waals surface area contributed by atoms with Crippen molar-refractivity contribution in [3.8, 4) is 0 Å². The van der Waals surface area contributed by atoms with Gasteiger partial charge in [0.25, 0.3) is 0 Å². The van der Waals surface area contributed by atoms with E-state index in [0.717, 1.165) is 0 Å². The molecule has 0 aromatic rings. The third kappa shape index (κ3) is 10.3. The van der Waals surface area contributed by atoms with Crippen molar-refractivity contribution in [2.45, 2.75) is 117 Å². The summed E-state index contributed by atoms with van der Waals surface area (Å²) >= 11 is 0. The van der Waals surface area contributed by atoms with E-state index in [1.54, 1.807) is 25.7 Å². The van der Waals surface area contributed by atoms with E-state index in [1.165, 1.54) is 6.08 Å². The van der Waals surface area contributed by atoms with E-state index in [4.69, 9.17) is 13.9 Å². The van der Waals surface area contributed by atoms with Gasteiger partial charge in [-0.3, -0.25) is 4.79 Å². The van der Waals surface area contributed by atoms with E-state index >= 15 is 0 Å². The number of amides is 2. The van der Waals surface area contributed by atoms with Gasteiger partial charge in [-0.15, -0.1) is 0 Å². The fourth-order valence-electron chi connectivity index (χ4n) is 3.70. The van der Waals surface area contributed by atoms with Crippen molar-refractivity contribution in [3.05, 3.63) is 12.7 Å². The molecule has 9 heteroatoms. The van der Waals surface area contributed by atoms with Gasteiger partial charge < -0.3 is 24.1 Å². The predicted octanol–water partition coefficient (Wildman–Crippen LogP) is 5.67. The van der Waals surface area contributed by atoms with Crippen molar-refractivity contribution in [3.63, 3.8) is 0 Å². The highest BCUT2D eigenvalue weighted by atomic mass is 28.4. The molecule has 1 aliphatic rings. The van der Waals surface area contributed by atoms with Gasteiger partial charge in [0.05, 0.1) is 6.10 Å². The maximum absolute atomic E-state index is 13.2. The van der Waals surface area contributed by atoms with E-state index in [9.17, 15) is 14.4 Å². The van der Waals surface area contributed by atoms with Gasteiger partial charge >= 0.3 is 12.2 Å². The molecule has 0 aliphatic carbocycles. The van der Waals surface area contributed by atoms with Gasteiger partial charge in [0.15, 0.2) is 14.1 Å². The number of carbonyl (C=O) groups is 3. The summed E-state index contributed by atoms with van der Waals surface area (Å²) in [7, 11) is -2.10. The number of ketones is 1. The van der Waals surface area contributed by atoms with Crippen molar-refractivity contribution in [1.29, 1.82) is 0 Å². The molecule has 0 aromatic heterocycles. The number of ether oxygens (including phenoxy) is 2. The summed E-state index contributed by atoms with van der Waals surface area (Å²) in [5.74, 6) is -0.507. The van der Waals surface area contributed by atoms with Gasteiger partial charge in [-0.1, -0.05) is 27.4 Å². The maximum atomic E-state index is 13.2. The molecule has 1 aliphatic heterocycles. The van der Waals surface area contributed by atoms with Crippen LogP contribution in [0.15, 0.2) is 12.7 Å². The number of allylic oxidation sites excluding steroid dienone is 1. The molecule has 3 atom stereocenters. The summed E-state index contributed by atoms with van der Waals surface area (Å²) in [5, 5.41) is 2.79. The summed E-state index contributed by atoms with van der Waals surface area (Å²) in [6.45, 7) is 25.8. The van der Waals surface area contributed by atoms with Crippen molar-refractivity contribution < 1.29 is 28.3 Å². The number of likely N-dealkylation sites (tertiary alicyclic amines) is 1. The minimum atomic E-state index is -2.10. The number of rotatable bonds is 8. The molecule has 1 fully saturated rings. The van der Waals surface area contributed by atoms with Crippen molar-refractivity contribution >= 4 is 26.3 Å². The minimum absolute atomic E-state index is 0.0122. The lowest BCUT2D eigenvalue weighted by Crippen LogP contribution is -2.47. The number of nitrogens with zero attached hydrogens (tertiary/aromatic N) is 1. The van der Waals surface area contributed by atoms with Crippen LogP contribution in [0.4, 0.5) is 9.59 Å². The van der Waals surface area contributed by atoms with Crippen LogP contribution < -0.4 is 5.32 Å². The number of hydrogen-bond acceptors (Lipinski definition) is 6. The number of alkyl carbamates (subject to hydrolysis) is 1. The molecule has 0 bridgehead atoms. The predicted molar refractivity (Wildman–Crippen MR) is 141 cm³/mol. The third-order valence-electron chi connectivity index (χ3n) is 6.34. The summed E-state index contributed by atoms with van der Waals surface area (Å²) in [4.78, 5) is 39.6. The quantitative estimate of drug-likeness (QED) is 0.332. The Morgan fingerprint density at radius 3 is 2.03 bits per heavy atom. The van der Waals surface area contributed by atoms with Crippen LogP contribution in [-0.2, 0) is 18.7 Å². The Balaban J connectivity index is 3.22. The molecule has 35 heavy (non-hydrogen) atoms. The van der Waals surface area contributed by atoms with E-state index in [2.05, 4.69) is 45.8 Å². The van der Waals surface area contributed by atoms with E-state index in [1.807, 2.05) is 20.8 Å². The van der Waals surface area contributed by atoms with Crippen LogP contribution in [0.3, 0.4) is 0 Å². The second kappa shape index (κ2) is 11.5. The summed E-state index contributed by atoms with van der Waals surface area (Å²) in [6, 6.07) is -0.349. The molecule has 202 valence electrons. The van der Waals surface area contributed by atoms with Crippen LogP contribution in [-0.4, -0.2) is 67.6 Å². The van der Waals surface area contributed by atoms with Crippen LogP contribution in [0, 0.1) is 5.92 Å². The maximum Gasteiger partial charge on any atom is 0.410 e. The van der Waals surface area contributed by atoms with Crippen molar-refractivity contribution in [2.24, 2.45) is 5.92 Å². The molecule has 0 saturated carbocycles. The van der Waals surface area contributed by atoms with E-state index in [0.29, 0.717) is 13.0 Å². The first-order valence-corrected chi connectivity index (χ1v) is 15.4. The zero-order valence-corrected chi connectivity index (χ0v) is 24.7. The lowest BCUT2D eigenvalue weighted by atomic mass is 9.91. The molecule has 1 saturated heterocycles. The Hall–Kier alpha value is -1.87. The van der Waals surface area contributed by atoms with Crippen LogP contribution in [0.2, 0.25) is 18.1 Å². The molecule has 0 aromatic carbocycles. The zero-order chi connectivity index (χ0) is 27.4. The first-order valence-electron chi connectivity index (χ1n) is 12.4. The molecule has 2 amide bonds. The Morgan fingerprint density at radius 1 is 1.03 bits per heavy atom. The highest BCUT2D eigenvalue weighted by molar-refractivity contribution is 6.74. The van der Waals surface area contributed by atoms with Gasteiger partial charge in [0, 0.05) is 31.5 Å². The summed E-state index contributed by atoms with van der Waals surface area (Å²) in [6.07, 6.45) is 0.766. The Kier molecular flexibility index (Phi) is 10.2. The Morgan fingerprint density at radius 2 is 1.57 bits per heavy atom. The highest BCUT2D eigenvalue weighted by Gasteiger charge is 2.46. The highest BCUT2D eigenvalue weighted by Crippen LogP contribution is 2.40. The molecule has 8 nitrogen and oxygen atoms in total. The lowest BCUT2D eigenvalue weighted by Gasteiger charge is -2.38. The van der Waals surface area contributed by atoms with Gasteiger partial charge in [0.1, 0.15) is 11.2 Å². The van der Waals surface area contributed by atoms with Gasteiger partial charge in [0.2, 0.25) is 0 Å². The van der Waals surface area contributed by atoms with Crippen LogP contribution in [0.1, 0.15) is 75.2 Å². The fraction of sp³-hybridized carbons (Fsp3) is 0.808. The van der Waals surface area contributed by atoms with Gasteiger partial charge in [-0.2, -0.15) is 0 Å². The lowest BCUT2D eigenvalue weighted by molar-refractivity contribution is -0.116. The van der Waals surface area contributed by atoms with Gasteiger partial charge in [-0.25, -0.2) is 9.59 Å². The molecule has 1 heterocycles. The zero-order valence-electron chi connectivity index (χ0n) is 23.7. The molecule has 1 unspecified atom stereocenters. The van der Waals surface area contributed by atoms with Crippen molar-refractivity contribution in [1.82, 2.24) is 10.2 Å². The second-order valence-electron chi connectivity index (χ2n) is 13.0. The average Bonchev–Trinajstić information content (AvgIpc) is 3.04. The third-order valence-corrected chi connectivity index (χ3v) is 10.9. The normalized spacial score (nSPS) is 20.3. The summed E-state index contributed by atoms with van der Waals surface area (Å²) < 4.78 is 17.7.